The Balaban J connectivity index is 0.00000180. The van der Waals surface area contributed by atoms with Crippen molar-refractivity contribution in [3.63, 3.8) is 0 Å². The van der Waals surface area contributed by atoms with Crippen LogP contribution in [0.1, 0.15) is 36.2 Å². The summed E-state index contributed by atoms with van der Waals surface area (Å²) in [6.45, 7) is 3.49. The molecule has 1 saturated carbocycles. The summed E-state index contributed by atoms with van der Waals surface area (Å²) in [6.07, 6.45) is 5.06. The van der Waals surface area contributed by atoms with E-state index in [0.717, 1.165) is 52.0 Å². The van der Waals surface area contributed by atoms with Gasteiger partial charge in [0.2, 0.25) is 11.7 Å². The summed E-state index contributed by atoms with van der Waals surface area (Å²) in [6, 6.07) is 11.0. The molecule has 1 aliphatic heterocycles. The molecule has 2 fully saturated rings. The predicted octanol–water partition coefficient (Wildman–Crippen LogP) is 5.41. The van der Waals surface area contributed by atoms with Gasteiger partial charge in [0.05, 0.1) is 18.2 Å². The number of furan rings is 1. The molecule has 8 nitrogen and oxygen atoms in total. The molecule has 36 heavy (non-hydrogen) atoms. The quantitative estimate of drug-likeness (QED) is 0.437. The number of anilines is 2. The summed E-state index contributed by atoms with van der Waals surface area (Å²) in [5.41, 5.74) is 0.922. The Labute approximate surface area is 226 Å². The van der Waals surface area contributed by atoms with Crippen molar-refractivity contribution in [2.24, 2.45) is 5.92 Å². The van der Waals surface area contributed by atoms with Gasteiger partial charge in [0.25, 0.3) is 5.91 Å². The Kier molecular flexibility index (Phi) is 9.99. The number of hydrogen-bond donors (Lipinski definition) is 2. The van der Waals surface area contributed by atoms with Gasteiger partial charge in [-0.2, -0.15) is 0 Å². The normalized spacial score (nSPS) is 20.1. The average Bonchev–Trinajstić information content (AvgIpc) is 3.24. The average molecular weight is 556 g/mol. The predicted molar refractivity (Wildman–Crippen MR) is 145 cm³/mol. The number of nitrogens with zero attached hydrogens (tertiary/aromatic N) is 2. The number of rotatable bonds is 5. The molecule has 0 unspecified atom stereocenters. The number of nitrogens with one attached hydrogen (secondary N) is 2. The number of halogens is 3. The third kappa shape index (κ3) is 6.30. The van der Waals surface area contributed by atoms with Gasteiger partial charge in [-0.1, -0.05) is 23.7 Å². The largest absolute Gasteiger partial charge is 0.449 e. The first-order chi connectivity index (χ1) is 16.6. The van der Waals surface area contributed by atoms with Crippen LogP contribution in [0.5, 0.6) is 0 Å². The molecule has 2 N–H and O–H groups in total. The lowest BCUT2D eigenvalue weighted by atomic mass is 9.84. The van der Waals surface area contributed by atoms with Crippen LogP contribution in [-0.2, 0) is 9.53 Å². The van der Waals surface area contributed by atoms with Crippen molar-refractivity contribution in [2.75, 3.05) is 36.9 Å². The van der Waals surface area contributed by atoms with Gasteiger partial charge in [-0.25, -0.2) is 4.98 Å². The summed E-state index contributed by atoms with van der Waals surface area (Å²) in [7, 11) is 0. The first kappa shape index (κ1) is 28.2. The van der Waals surface area contributed by atoms with Crippen LogP contribution in [0.25, 0.3) is 11.0 Å². The monoisotopic (exact) mass is 554 g/mol. The number of carbonyl (C=O) groups is 2. The zero-order chi connectivity index (χ0) is 23.5. The highest BCUT2D eigenvalue weighted by molar-refractivity contribution is 6.30. The van der Waals surface area contributed by atoms with Crippen LogP contribution in [0.4, 0.5) is 11.5 Å². The maximum atomic E-state index is 13.2. The lowest BCUT2D eigenvalue weighted by Gasteiger charge is -2.38. The van der Waals surface area contributed by atoms with E-state index >= 15 is 0 Å². The number of morpholine rings is 1. The van der Waals surface area contributed by atoms with Crippen molar-refractivity contribution >= 4 is 70.7 Å². The van der Waals surface area contributed by atoms with Crippen LogP contribution in [-0.4, -0.2) is 54.0 Å². The fourth-order valence-electron chi connectivity index (χ4n) is 4.82. The Morgan fingerprint density at radius 3 is 2.39 bits per heavy atom. The standard InChI is InChI=1S/C25H27ClN4O4.2ClH/c26-17-7-10-21(27-15-17)28-25(32)23-22(19-3-1-2-4-20(19)34-23)29-24(31)16-5-8-18(9-6-16)30-11-13-33-14-12-30;;/h1-4,7,10,15-16,18H,5-6,8-9,11-14H2,(H,29,31)(H,27,28,32);2*1H/t16-,18-;;. The third-order valence-electron chi connectivity index (χ3n) is 6.65. The molecular formula is C25H29Cl3N4O4. The molecule has 2 aliphatic rings. The second-order valence-corrected chi connectivity index (χ2v) is 9.20. The van der Waals surface area contributed by atoms with E-state index in [1.54, 1.807) is 18.2 Å². The molecule has 1 saturated heterocycles. The Hall–Kier alpha value is -2.36. The molecule has 0 radical (unpaired) electrons. The molecule has 2 aromatic heterocycles. The minimum absolute atomic E-state index is 0. The summed E-state index contributed by atoms with van der Waals surface area (Å²) in [5, 5.41) is 6.87. The van der Waals surface area contributed by atoms with Gasteiger partial charge in [0.15, 0.2) is 0 Å². The lowest BCUT2D eigenvalue weighted by molar-refractivity contribution is -0.121. The minimum Gasteiger partial charge on any atom is -0.449 e. The fraction of sp³-hybridized carbons (Fsp3) is 0.400. The highest BCUT2D eigenvalue weighted by atomic mass is 35.5. The maximum Gasteiger partial charge on any atom is 0.294 e. The summed E-state index contributed by atoms with van der Waals surface area (Å²) in [4.78, 5) is 32.8. The highest BCUT2D eigenvalue weighted by Crippen LogP contribution is 2.34. The van der Waals surface area contributed by atoms with Crippen molar-refractivity contribution in [3.05, 3.63) is 53.4 Å². The molecule has 0 atom stereocenters. The van der Waals surface area contributed by atoms with E-state index in [0.29, 0.717) is 33.5 Å². The van der Waals surface area contributed by atoms with E-state index in [1.165, 1.54) is 6.20 Å². The second kappa shape index (κ2) is 12.7. The number of para-hydroxylation sites is 1. The molecule has 5 rings (SSSR count). The SMILES string of the molecule is Cl.Cl.O=C(Nc1ccc(Cl)cn1)c1oc2ccccc2c1NC(=O)[C@H]1CC[C@H](N2CCOCC2)CC1. The summed E-state index contributed by atoms with van der Waals surface area (Å²) in [5.74, 6) is -0.273. The first-order valence-corrected chi connectivity index (χ1v) is 12.0. The van der Waals surface area contributed by atoms with Crippen LogP contribution in [0.15, 0.2) is 47.0 Å². The maximum absolute atomic E-state index is 13.2. The van der Waals surface area contributed by atoms with E-state index in [9.17, 15) is 9.59 Å². The molecule has 1 aromatic carbocycles. The van der Waals surface area contributed by atoms with Gasteiger partial charge < -0.3 is 19.8 Å². The van der Waals surface area contributed by atoms with Crippen LogP contribution in [0.2, 0.25) is 5.02 Å². The second-order valence-electron chi connectivity index (χ2n) is 8.76. The topological polar surface area (TPSA) is 96.7 Å². The van der Waals surface area contributed by atoms with Crippen molar-refractivity contribution in [3.8, 4) is 0 Å². The van der Waals surface area contributed by atoms with Gasteiger partial charge in [0.1, 0.15) is 17.1 Å². The third-order valence-corrected chi connectivity index (χ3v) is 6.87. The number of amides is 2. The molecule has 3 heterocycles. The van der Waals surface area contributed by atoms with E-state index in [1.807, 2.05) is 18.2 Å². The highest BCUT2D eigenvalue weighted by Gasteiger charge is 2.31. The first-order valence-electron chi connectivity index (χ1n) is 11.7. The smallest absolute Gasteiger partial charge is 0.294 e. The van der Waals surface area contributed by atoms with Crippen molar-refractivity contribution in [1.29, 1.82) is 0 Å². The number of carbonyl (C=O) groups excluding carboxylic acids is 2. The van der Waals surface area contributed by atoms with Crippen molar-refractivity contribution in [2.45, 2.75) is 31.7 Å². The zero-order valence-corrected chi connectivity index (χ0v) is 22.0. The summed E-state index contributed by atoms with van der Waals surface area (Å²) < 4.78 is 11.3. The van der Waals surface area contributed by atoms with Crippen molar-refractivity contribution < 1.29 is 18.7 Å². The molecule has 194 valence electrons. The summed E-state index contributed by atoms with van der Waals surface area (Å²) >= 11 is 5.88. The zero-order valence-electron chi connectivity index (χ0n) is 19.6. The Morgan fingerprint density at radius 2 is 1.69 bits per heavy atom. The van der Waals surface area contributed by atoms with E-state index in [2.05, 4.69) is 20.5 Å². The molecular weight excluding hydrogens is 527 g/mol. The van der Waals surface area contributed by atoms with E-state index < -0.39 is 5.91 Å². The number of benzene rings is 1. The molecule has 3 aromatic rings. The minimum atomic E-state index is -0.489. The number of hydrogen-bond acceptors (Lipinski definition) is 6. The number of fused-ring (bicyclic) bond motifs is 1. The van der Waals surface area contributed by atoms with E-state index in [4.69, 9.17) is 20.8 Å². The van der Waals surface area contributed by atoms with Crippen LogP contribution in [0, 0.1) is 5.92 Å². The Morgan fingerprint density at radius 1 is 0.972 bits per heavy atom. The molecule has 11 heteroatoms. The van der Waals surface area contributed by atoms with Crippen molar-refractivity contribution in [1.82, 2.24) is 9.88 Å². The van der Waals surface area contributed by atoms with Crippen LogP contribution >= 0.6 is 36.4 Å². The van der Waals surface area contributed by atoms with Gasteiger partial charge in [-0.15, -0.1) is 24.8 Å². The van der Waals surface area contributed by atoms with Crippen LogP contribution in [0.3, 0.4) is 0 Å². The number of aromatic nitrogens is 1. The van der Waals surface area contributed by atoms with Gasteiger partial charge in [-0.3, -0.25) is 14.5 Å². The molecule has 0 bridgehead atoms. The molecule has 0 spiro atoms. The van der Waals surface area contributed by atoms with Gasteiger partial charge in [0, 0.05) is 36.6 Å². The van der Waals surface area contributed by atoms with Gasteiger partial charge >= 0.3 is 0 Å². The molecule has 1 aliphatic carbocycles. The van der Waals surface area contributed by atoms with Gasteiger partial charge in [-0.05, 0) is 49.9 Å². The fourth-order valence-corrected chi connectivity index (χ4v) is 4.94. The Bertz CT molecular complexity index is 1170. The molecule has 2 amide bonds. The van der Waals surface area contributed by atoms with Crippen LogP contribution < -0.4 is 10.6 Å². The number of pyridine rings is 1. The number of ether oxygens (including phenoxy) is 1. The van der Waals surface area contributed by atoms with E-state index in [-0.39, 0.29) is 42.4 Å². The lowest BCUT2D eigenvalue weighted by Crippen LogP contribution is -2.45.